The Hall–Kier alpha value is -2.47. The highest BCUT2D eigenvalue weighted by molar-refractivity contribution is 5.78. The van der Waals surface area contributed by atoms with E-state index in [2.05, 4.69) is 50.2 Å². The van der Waals surface area contributed by atoms with E-state index in [1.807, 2.05) is 0 Å². The molecule has 0 saturated carbocycles. The highest BCUT2D eigenvalue weighted by Gasteiger charge is 2.21. The normalized spacial score (nSPS) is 18.4. The van der Waals surface area contributed by atoms with E-state index in [9.17, 15) is 4.79 Å². The number of hydrogen-bond donors (Lipinski definition) is 1. The largest absolute Gasteiger partial charge is 0.353 e. The van der Waals surface area contributed by atoms with Gasteiger partial charge in [-0.25, -0.2) is 4.98 Å². The van der Waals surface area contributed by atoms with Crippen molar-refractivity contribution < 1.29 is 4.79 Å². The van der Waals surface area contributed by atoms with Gasteiger partial charge in [-0.1, -0.05) is 18.2 Å². The van der Waals surface area contributed by atoms with E-state index in [0.717, 1.165) is 32.0 Å². The first kappa shape index (κ1) is 18.9. The fourth-order valence-corrected chi connectivity index (χ4v) is 4.19. The molecule has 1 N–H and O–H groups in total. The Morgan fingerprint density at radius 3 is 2.64 bits per heavy atom. The van der Waals surface area contributed by atoms with Gasteiger partial charge in [0.05, 0.1) is 18.8 Å². The van der Waals surface area contributed by atoms with Crippen LogP contribution in [0, 0.1) is 0 Å². The summed E-state index contributed by atoms with van der Waals surface area (Å²) in [5.74, 6) is 1.01. The number of aromatic nitrogens is 2. The van der Waals surface area contributed by atoms with E-state index >= 15 is 0 Å². The molecule has 1 atom stereocenters. The lowest BCUT2D eigenvalue weighted by atomic mass is 9.89. The Morgan fingerprint density at radius 1 is 1.11 bits per heavy atom. The van der Waals surface area contributed by atoms with Crippen molar-refractivity contribution >= 4 is 11.7 Å². The molecule has 2 aliphatic rings. The van der Waals surface area contributed by atoms with Gasteiger partial charge in [0.1, 0.15) is 5.82 Å². The third kappa shape index (κ3) is 4.50. The average Bonchev–Trinajstić information content (AvgIpc) is 2.74. The lowest BCUT2D eigenvalue weighted by Gasteiger charge is -2.34. The van der Waals surface area contributed by atoms with E-state index in [-0.39, 0.29) is 11.9 Å². The molecule has 0 radical (unpaired) electrons. The number of amides is 1. The van der Waals surface area contributed by atoms with Gasteiger partial charge in [-0.15, -0.1) is 0 Å². The minimum Gasteiger partial charge on any atom is -0.353 e. The number of carbonyl (C=O) groups excluding carboxylic acids is 1. The number of hydrogen-bond acceptors (Lipinski definition) is 5. The number of nitrogens with zero attached hydrogens (tertiary/aromatic N) is 4. The Bertz CT molecular complexity index is 802. The SMILES string of the molecule is CC(NC(=O)CN1CCN(c2cnccn2)CC1)c1ccc2c(c1)CCCC2. The summed E-state index contributed by atoms with van der Waals surface area (Å²) < 4.78 is 0. The number of piperazine rings is 1. The zero-order valence-corrected chi connectivity index (χ0v) is 16.6. The van der Waals surface area contributed by atoms with Crippen LogP contribution >= 0.6 is 0 Å². The second-order valence-corrected chi connectivity index (χ2v) is 7.85. The van der Waals surface area contributed by atoms with Crippen molar-refractivity contribution in [3.8, 4) is 0 Å². The number of aryl methyl sites for hydroxylation is 2. The summed E-state index contributed by atoms with van der Waals surface area (Å²) in [6.07, 6.45) is 10.1. The predicted molar refractivity (Wildman–Crippen MR) is 110 cm³/mol. The van der Waals surface area contributed by atoms with Crippen LogP contribution in [0.4, 0.5) is 5.82 Å². The van der Waals surface area contributed by atoms with Gasteiger partial charge in [0.15, 0.2) is 0 Å². The maximum absolute atomic E-state index is 12.5. The Morgan fingerprint density at radius 2 is 1.89 bits per heavy atom. The lowest BCUT2D eigenvalue weighted by Crippen LogP contribution is -2.50. The van der Waals surface area contributed by atoms with E-state index in [4.69, 9.17) is 0 Å². The molecule has 1 aromatic carbocycles. The molecule has 6 nitrogen and oxygen atoms in total. The Kier molecular flexibility index (Phi) is 5.86. The summed E-state index contributed by atoms with van der Waals surface area (Å²) in [5, 5.41) is 3.18. The molecule has 0 spiro atoms. The summed E-state index contributed by atoms with van der Waals surface area (Å²) in [5.41, 5.74) is 4.15. The molecule has 1 aliphatic carbocycles. The third-order valence-electron chi connectivity index (χ3n) is 5.86. The molecule has 1 aliphatic heterocycles. The molecule has 6 heteroatoms. The number of nitrogens with one attached hydrogen (secondary N) is 1. The summed E-state index contributed by atoms with van der Waals surface area (Å²) in [4.78, 5) is 25.5. The molecule has 1 fully saturated rings. The van der Waals surface area contributed by atoms with E-state index in [1.54, 1.807) is 18.6 Å². The van der Waals surface area contributed by atoms with Crippen molar-refractivity contribution in [1.29, 1.82) is 0 Å². The molecular weight excluding hydrogens is 350 g/mol. The zero-order valence-electron chi connectivity index (χ0n) is 16.6. The fourth-order valence-electron chi connectivity index (χ4n) is 4.19. The standard InChI is InChI=1S/C22H29N5O/c1-17(19-7-6-18-4-2-3-5-20(18)14-19)25-22(28)16-26-10-12-27(13-11-26)21-15-23-8-9-24-21/h6-9,14-15,17H,2-5,10-13,16H2,1H3,(H,25,28). The van der Waals surface area contributed by atoms with Crippen LogP contribution in [0.25, 0.3) is 0 Å². The molecule has 1 saturated heterocycles. The molecule has 1 unspecified atom stereocenters. The number of fused-ring (bicyclic) bond motifs is 1. The second-order valence-electron chi connectivity index (χ2n) is 7.85. The van der Waals surface area contributed by atoms with E-state index in [1.165, 1.54) is 42.4 Å². The molecule has 1 aromatic heterocycles. The molecule has 0 bridgehead atoms. The van der Waals surface area contributed by atoms with Crippen LogP contribution in [0.1, 0.15) is 42.5 Å². The van der Waals surface area contributed by atoms with Gasteiger partial charge >= 0.3 is 0 Å². The molecule has 1 amide bonds. The molecule has 28 heavy (non-hydrogen) atoms. The van der Waals surface area contributed by atoms with Crippen molar-refractivity contribution in [2.24, 2.45) is 0 Å². The lowest BCUT2D eigenvalue weighted by molar-refractivity contribution is -0.123. The molecule has 2 aromatic rings. The average molecular weight is 380 g/mol. The van der Waals surface area contributed by atoms with Crippen molar-refractivity contribution in [2.75, 3.05) is 37.6 Å². The fraction of sp³-hybridized carbons (Fsp3) is 0.500. The van der Waals surface area contributed by atoms with Crippen LogP contribution in [-0.4, -0.2) is 53.5 Å². The van der Waals surface area contributed by atoms with E-state index < -0.39 is 0 Å². The van der Waals surface area contributed by atoms with Crippen molar-refractivity contribution in [2.45, 2.75) is 38.6 Å². The number of carbonyl (C=O) groups is 1. The zero-order chi connectivity index (χ0) is 19.3. The van der Waals surface area contributed by atoms with Crippen molar-refractivity contribution in [3.63, 3.8) is 0 Å². The van der Waals surface area contributed by atoms with Gasteiger partial charge in [-0.3, -0.25) is 14.7 Å². The van der Waals surface area contributed by atoms with Crippen LogP contribution in [-0.2, 0) is 17.6 Å². The number of rotatable bonds is 5. The predicted octanol–water partition coefficient (Wildman–Crippen LogP) is 2.35. The topological polar surface area (TPSA) is 61.4 Å². The number of anilines is 1. The maximum atomic E-state index is 12.5. The van der Waals surface area contributed by atoms with Crippen molar-refractivity contribution in [1.82, 2.24) is 20.2 Å². The highest BCUT2D eigenvalue weighted by Crippen LogP contribution is 2.24. The maximum Gasteiger partial charge on any atom is 0.234 e. The minimum atomic E-state index is 0.0422. The minimum absolute atomic E-state index is 0.0422. The summed E-state index contributed by atoms with van der Waals surface area (Å²) in [7, 11) is 0. The highest BCUT2D eigenvalue weighted by atomic mass is 16.2. The first-order chi connectivity index (χ1) is 13.7. The van der Waals surface area contributed by atoms with Crippen LogP contribution in [0.2, 0.25) is 0 Å². The van der Waals surface area contributed by atoms with Gasteiger partial charge in [0.25, 0.3) is 0 Å². The van der Waals surface area contributed by atoms with Crippen molar-refractivity contribution in [3.05, 3.63) is 53.5 Å². The summed E-state index contributed by atoms with van der Waals surface area (Å²) in [6, 6.07) is 6.76. The van der Waals surface area contributed by atoms with Gasteiger partial charge in [-0.2, -0.15) is 0 Å². The van der Waals surface area contributed by atoms with Crippen LogP contribution < -0.4 is 10.2 Å². The van der Waals surface area contributed by atoms with Crippen LogP contribution in [0.3, 0.4) is 0 Å². The van der Waals surface area contributed by atoms with Gasteiger partial charge < -0.3 is 10.2 Å². The second kappa shape index (κ2) is 8.69. The van der Waals surface area contributed by atoms with Gasteiger partial charge in [0, 0.05) is 38.6 Å². The molecular formula is C22H29N5O. The van der Waals surface area contributed by atoms with Crippen LogP contribution in [0.5, 0.6) is 0 Å². The monoisotopic (exact) mass is 379 g/mol. The number of benzene rings is 1. The van der Waals surface area contributed by atoms with Crippen LogP contribution in [0.15, 0.2) is 36.8 Å². The Balaban J connectivity index is 1.27. The molecule has 4 rings (SSSR count). The Labute approximate surface area is 167 Å². The first-order valence-electron chi connectivity index (χ1n) is 10.3. The molecule has 148 valence electrons. The third-order valence-corrected chi connectivity index (χ3v) is 5.86. The van der Waals surface area contributed by atoms with Gasteiger partial charge in [0.2, 0.25) is 5.91 Å². The quantitative estimate of drug-likeness (QED) is 0.864. The smallest absolute Gasteiger partial charge is 0.234 e. The first-order valence-corrected chi connectivity index (χ1v) is 10.3. The summed E-state index contributed by atoms with van der Waals surface area (Å²) >= 11 is 0. The summed E-state index contributed by atoms with van der Waals surface area (Å²) in [6.45, 7) is 5.98. The van der Waals surface area contributed by atoms with E-state index in [0.29, 0.717) is 6.54 Å². The molecule has 2 heterocycles. The van der Waals surface area contributed by atoms with Gasteiger partial charge in [-0.05, 0) is 49.3 Å².